The lowest BCUT2D eigenvalue weighted by Gasteiger charge is -2.21. The zero-order valence-electron chi connectivity index (χ0n) is 11.5. The van der Waals surface area contributed by atoms with Crippen LogP contribution < -0.4 is 5.32 Å². The first-order chi connectivity index (χ1) is 8.95. The summed E-state index contributed by atoms with van der Waals surface area (Å²) in [4.78, 5) is 0. The zero-order valence-corrected chi connectivity index (χ0v) is 11.5. The molecule has 0 spiro atoms. The first-order valence-electron chi connectivity index (χ1n) is 7.70. The van der Waals surface area contributed by atoms with Crippen molar-refractivity contribution in [1.82, 2.24) is 5.32 Å². The molecule has 1 aromatic rings. The molecular formula is C17H27N. The smallest absolute Gasteiger partial charge is 0.000835 e. The van der Waals surface area contributed by atoms with E-state index in [-0.39, 0.29) is 0 Å². The lowest BCUT2D eigenvalue weighted by atomic mass is 9.86. The minimum absolute atomic E-state index is 1.04. The van der Waals surface area contributed by atoms with Gasteiger partial charge in [0.1, 0.15) is 0 Å². The van der Waals surface area contributed by atoms with Crippen LogP contribution in [0.4, 0.5) is 0 Å². The molecule has 0 amide bonds. The van der Waals surface area contributed by atoms with E-state index in [0.29, 0.717) is 0 Å². The van der Waals surface area contributed by atoms with E-state index in [1.807, 2.05) is 0 Å². The summed E-state index contributed by atoms with van der Waals surface area (Å²) >= 11 is 0. The van der Waals surface area contributed by atoms with Crippen LogP contribution in [0.1, 0.15) is 50.5 Å². The van der Waals surface area contributed by atoms with Gasteiger partial charge in [-0.25, -0.2) is 0 Å². The van der Waals surface area contributed by atoms with Gasteiger partial charge in [0.25, 0.3) is 0 Å². The molecule has 0 bridgehead atoms. The molecule has 1 aliphatic rings. The fourth-order valence-electron chi connectivity index (χ4n) is 2.99. The molecule has 1 N–H and O–H groups in total. The summed E-state index contributed by atoms with van der Waals surface area (Å²) < 4.78 is 0. The Morgan fingerprint density at radius 3 is 2.50 bits per heavy atom. The molecule has 1 aliphatic carbocycles. The van der Waals surface area contributed by atoms with E-state index in [9.17, 15) is 0 Å². The van der Waals surface area contributed by atoms with E-state index >= 15 is 0 Å². The van der Waals surface area contributed by atoms with Gasteiger partial charge in [0.2, 0.25) is 0 Å². The highest BCUT2D eigenvalue weighted by atomic mass is 14.8. The van der Waals surface area contributed by atoms with E-state index in [1.165, 1.54) is 57.1 Å². The summed E-state index contributed by atoms with van der Waals surface area (Å²) in [7, 11) is 0. The van der Waals surface area contributed by atoms with Gasteiger partial charge in [0.15, 0.2) is 0 Å². The Labute approximate surface area is 112 Å². The van der Waals surface area contributed by atoms with E-state index in [4.69, 9.17) is 0 Å². The highest BCUT2D eigenvalue weighted by molar-refractivity contribution is 5.14. The standard InChI is InChI=1S/C17H27N/c1-3-8-16(9-4-1)12-7-14-18-15-13-17-10-5-2-6-11-17/h2,5-6,10-11,16,18H,1,3-4,7-9,12-15H2. The Hall–Kier alpha value is -0.820. The van der Waals surface area contributed by atoms with Crippen LogP contribution in [0.25, 0.3) is 0 Å². The van der Waals surface area contributed by atoms with Crippen molar-refractivity contribution in [3.8, 4) is 0 Å². The third-order valence-electron chi connectivity index (χ3n) is 4.12. The monoisotopic (exact) mass is 245 g/mol. The van der Waals surface area contributed by atoms with Gasteiger partial charge in [0, 0.05) is 0 Å². The zero-order chi connectivity index (χ0) is 12.5. The highest BCUT2D eigenvalue weighted by Gasteiger charge is 2.12. The Balaban J connectivity index is 1.46. The van der Waals surface area contributed by atoms with Crippen LogP contribution in [0.2, 0.25) is 0 Å². The lowest BCUT2D eigenvalue weighted by molar-refractivity contribution is 0.330. The summed E-state index contributed by atoms with van der Waals surface area (Å²) in [6.07, 6.45) is 11.4. The van der Waals surface area contributed by atoms with Crippen molar-refractivity contribution >= 4 is 0 Å². The van der Waals surface area contributed by atoms with Crippen LogP contribution in [0.3, 0.4) is 0 Å². The normalized spacial score (nSPS) is 16.9. The molecule has 1 fully saturated rings. The van der Waals surface area contributed by atoms with Crippen molar-refractivity contribution < 1.29 is 0 Å². The molecule has 1 nitrogen and oxygen atoms in total. The van der Waals surface area contributed by atoms with Crippen LogP contribution in [-0.2, 0) is 6.42 Å². The maximum Gasteiger partial charge on any atom is -0.000835 e. The molecule has 1 aromatic carbocycles. The van der Waals surface area contributed by atoms with Gasteiger partial charge in [0.05, 0.1) is 0 Å². The minimum Gasteiger partial charge on any atom is -0.316 e. The van der Waals surface area contributed by atoms with E-state index in [1.54, 1.807) is 0 Å². The first-order valence-corrected chi connectivity index (χ1v) is 7.70. The molecule has 100 valence electrons. The highest BCUT2D eigenvalue weighted by Crippen LogP contribution is 2.26. The second-order valence-electron chi connectivity index (χ2n) is 5.63. The summed E-state index contributed by atoms with van der Waals surface area (Å²) in [5, 5.41) is 3.57. The van der Waals surface area contributed by atoms with Crippen molar-refractivity contribution in [3.63, 3.8) is 0 Å². The summed E-state index contributed by atoms with van der Waals surface area (Å²) in [5.41, 5.74) is 1.44. The van der Waals surface area contributed by atoms with Gasteiger partial charge in [-0.15, -0.1) is 0 Å². The second-order valence-corrected chi connectivity index (χ2v) is 5.63. The molecule has 0 unspecified atom stereocenters. The van der Waals surface area contributed by atoms with E-state index in [2.05, 4.69) is 35.6 Å². The molecule has 0 atom stereocenters. The van der Waals surface area contributed by atoms with Crippen LogP contribution in [0.5, 0.6) is 0 Å². The van der Waals surface area contributed by atoms with Crippen LogP contribution in [0, 0.1) is 5.92 Å². The summed E-state index contributed by atoms with van der Waals surface area (Å²) in [6.45, 7) is 2.32. The molecular weight excluding hydrogens is 218 g/mol. The first kappa shape index (κ1) is 13.6. The van der Waals surface area contributed by atoms with E-state index in [0.717, 1.165) is 18.9 Å². The minimum atomic E-state index is 1.04. The Morgan fingerprint density at radius 2 is 1.72 bits per heavy atom. The molecule has 0 saturated heterocycles. The number of benzene rings is 1. The number of hydrogen-bond acceptors (Lipinski definition) is 1. The van der Waals surface area contributed by atoms with Gasteiger partial charge >= 0.3 is 0 Å². The third kappa shape index (κ3) is 5.22. The Bertz CT molecular complexity index is 301. The van der Waals surface area contributed by atoms with E-state index < -0.39 is 0 Å². The number of rotatable bonds is 7. The molecule has 18 heavy (non-hydrogen) atoms. The van der Waals surface area contributed by atoms with Gasteiger partial charge in [-0.2, -0.15) is 0 Å². The Morgan fingerprint density at radius 1 is 0.944 bits per heavy atom. The topological polar surface area (TPSA) is 12.0 Å². The predicted molar refractivity (Wildman–Crippen MR) is 78.8 cm³/mol. The molecule has 0 aliphatic heterocycles. The van der Waals surface area contributed by atoms with Gasteiger partial charge in [-0.3, -0.25) is 0 Å². The molecule has 2 rings (SSSR count). The fourth-order valence-corrected chi connectivity index (χ4v) is 2.99. The molecule has 0 radical (unpaired) electrons. The van der Waals surface area contributed by atoms with Crippen molar-refractivity contribution in [2.75, 3.05) is 13.1 Å². The summed E-state index contributed by atoms with van der Waals surface area (Å²) in [5.74, 6) is 1.04. The largest absolute Gasteiger partial charge is 0.316 e. The number of hydrogen-bond donors (Lipinski definition) is 1. The van der Waals surface area contributed by atoms with Crippen molar-refractivity contribution in [2.24, 2.45) is 5.92 Å². The fraction of sp³-hybridized carbons (Fsp3) is 0.647. The van der Waals surface area contributed by atoms with Crippen molar-refractivity contribution in [1.29, 1.82) is 0 Å². The number of nitrogens with one attached hydrogen (secondary N) is 1. The van der Waals surface area contributed by atoms with Crippen molar-refractivity contribution in [2.45, 2.75) is 51.4 Å². The quantitative estimate of drug-likeness (QED) is 0.711. The maximum absolute atomic E-state index is 3.57. The van der Waals surface area contributed by atoms with Crippen molar-refractivity contribution in [3.05, 3.63) is 35.9 Å². The predicted octanol–water partition coefficient (Wildman–Crippen LogP) is 4.18. The molecule has 0 heterocycles. The molecule has 1 saturated carbocycles. The Kier molecular flexibility index (Phi) is 6.28. The molecule has 0 aromatic heterocycles. The average molecular weight is 245 g/mol. The summed E-state index contributed by atoms with van der Waals surface area (Å²) in [6, 6.07) is 10.8. The van der Waals surface area contributed by atoms with Gasteiger partial charge in [-0.1, -0.05) is 62.4 Å². The average Bonchev–Trinajstić information content (AvgIpc) is 2.45. The van der Waals surface area contributed by atoms with Crippen LogP contribution in [-0.4, -0.2) is 13.1 Å². The second kappa shape index (κ2) is 8.31. The van der Waals surface area contributed by atoms with Gasteiger partial charge in [-0.05, 0) is 43.8 Å². The van der Waals surface area contributed by atoms with Crippen LogP contribution in [0.15, 0.2) is 30.3 Å². The lowest BCUT2D eigenvalue weighted by Crippen LogP contribution is -2.19. The third-order valence-corrected chi connectivity index (χ3v) is 4.12. The maximum atomic E-state index is 3.57. The molecule has 1 heteroatoms. The SMILES string of the molecule is c1ccc(CCNCCCC2CCCCC2)cc1. The van der Waals surface area contributed by atoms with Gasteiger partial charge < -0.3 is 5.32 Å². The van der Waals surface area contributed by atoms with Crippen LogP contribution >= 0.6 is 0 Å².